The molecule has 5 rings (SSSR count). The largest absolute Gasteiger partial charge is 0.508 e. The Morgan fingerprint density at radius 2 is 0.410 bits per heavy atom. The molecule has 0 aromatic heterocycles. The molecule has 202 valence electrons. The zero-order valence-electron chi connectivity index (χ0n) is 21.0. The third kappa shape index (κ3) is 23.2. The summed E-state index contributed by atoms with van der Waals surface area (Å²) in [6, 6.07) is 41.0. The first-order chi connectivity index (χ1) is 17.4. The maximum Gasteiger partial charge on any atom is 0.157 e. The molecule has 0 aliphatic carbocycles. The zero-order valence-corrected chi connectivity index (χ0v) is 24.2. The number of aromatic hydroxyl groups is 6. The van der Waals surface area contributed by atoms with Crippen molar-refractivity contribution in [2.24, 2.45) is 0 Å². The molecule has 8 N–H and O–H groups in total. The molecule has 5 aromatic carbocycles. The van der Waals surface area contributed by atoms with Crippen LogP contribution in [0.25, 0.3) is 0 Å². The van der Waals surface area contributed by atoms with Gasteiger partial charge >= 0.3 is 0 Å². The van der Waals surface area contributed by atoms with E-state index in [1.807, 2.05) is 24.3 Å². The number of benzene rings is 5. The monoisotopic (exact) mass is 600 g/mol. The fourth-order valence-corrected chi connectivity index (χ4v) is 2.18. The second kappa shape index (κ2) is 25.9. The number of phenolic OH excluding ortho intramolecular Hbond substituents is 6. The van der Waals surface area contributed by atoms with E-state index in [0.717, 1.165) is 0 Å². The van der Waals surface area contributed by atoms with E-state index in [0.29, 0.717) is 23.0 Å². The summed E-state index contributed by atoms with van der Waals surface area (Å²) in [5.74, 6) is 1.13. The molecule has 0 heterocycles. The van der Waals surface area contributed by atoms with Crippen LogP contribution in [0.4, 0.5) is 0 Å². The molecule has 0 unspecified atom stereocenters. The molecule has 0 saturated heterocycles. The van der Waals surface area contributed by atoms with E-state index in [9.17, 15) is 0 Å². The fourth-order valence-electron chi connectivity index (χ4n) is 2.18. The average Bonchev–Trinajstić information content (AvgIpc) is 2.89. The smallest absolute Gasteiger partial charge is 0.157 e. The summed E-state index contributed by atoms with van der Waals surface area (Å²) in [5, 5.41) is 51.9. The molecule has 0 aliphatic heterocycles. The van der Waals surface area contributed by atoms with Crippen molar-refractivity contribution in [3.63, 3.8) is 0 Å². The molecule has 0 fully saturated rings. The topological polar surface area (TPSA) is 153 Å². The minimum absolute atomic E-state index is 0. The average molecular weight is 600 g/mol. The van der Waals surface area contributed by atoms with Gasteiger partial charge < -0.3 is 36.1 Å². The summed E-state index contributed by atoms with van der Waals surface area (Å²) in [4.78, 5) is 0. The SMILES string of the molecule is O.Oc1ccccc1.Oc1ccccc1.Oc1ccccc1.Oc1ccccc1.Oc1ccccc1O.[Ti].[Ti]. The summed E-state index contributed by atoms with van der Waals surface area (Å²) in [6.07, 6.45) is 0. The van der Waals surface area contributed by atoms with Gasteiger partial charge in [0, 0.05) is 43.4 Å². The van der Waals surface area contributed by atoms with E-state index in [1.54, 1.807) is 109 Å². The van der Waals surface area contributed by atoms with Crippen LogP contribution in [0.15, 0.2) is 146 Å². The predicted octanol–water partition coefficient (Wildman–Crippen LogP) is 5.84. The maximum atomic E-state index is 8.67. The normalized spacial score (nSPS) is 8.00. The summed E-state index contributed by atoms with van der Waals surface area (Å²) in [6.45, 7) is 0. The van der Waals surface area contributed by atoms with E-state index in [2.05, 4.69) is 0 Å². The molecule has 0 bridgehead atoms. The van der Waals surface area contributed by atoms with Crippen molar-refractivity contribution in [2.45, 2.75) is 0 Å². The molecular formula is C30H32O7Ti2. The van der Waals surface area contributed by atoms with E-state index < -0.39 is 0 Å². The van der Waals surface area contributed by atoms with Gasteiger partial charge in [0.2, 0.25) is 0 Å². The Hall–Kier alpha value is -3.71. The Morgan fingerprint density at radius 1 is 0.256 bits per heavy atom. The van der Waals surface area contributed by atoms with Gasteiger partial charge in [0.15, 0.2) is 11.5 Å². The predicted molar refractivity (Wildman–Crippen MR) is 146 cm³/mol. The summed E-state index contributed by atoms with van der Waals surface area (Å²) < 4.78 is 0. The fraction of sp³-hybridized carbons (Fsp3) is 0. The molecule has 0 atom stereocenters. The minimum atomic E-state index is -0.0764. The first-order valence-electron chi connectivity index (χ1n) is 10.8. The van der Waals surface area contributed by atoms with Crippen LogP contribution in [0.2, 0.25) is 0 Å². The van der Waals surface area contributed by atoms with Crippen molar-refractivity contribution in [3.8, 4) is 34.5 Å². The first kappa shape index (κ1) is 39.8. The number of hydrogen-bond donors (Lipinski definition) is 6. The Labute approximate surface area is 258 Å². The van der Waals surface area contributed by atoms with Gasteiger partial charge in [-0.15, -0.1) is 0 Å². The van der Waals surface area contributed by atoms with Gasteiger partial charge in [0.25, 0.3) is 0 Å². The molecule has 0 aliphatic rings. The molecule has 5 aromatic rings. The van der Waals surface area contributed by atoms with E-state index in [1.165, 1.54) is 12.1 Å². The summed E-state index contributed by atoms with van der Waals surface area (Å²) in [7, 11) is 0. The Morgan fingerprint density at radius 3 is 0.513 bits per heavy atom. The number of hydrogen-bond acceptors (Lipinski definition) is 6. The second-order valence-electron chi connectivity index (χ2n) is 6.83. The molecule has 7 nitrogen and oxygen atoms in total. The van der Waals surface area contributed by atoms with E-state index in [4.69, 9.17) is 30.6 Å². The Kier molecular flexibility index (Phi) is 26.4. The van der Waals surface area contributed by atoms with Crippen molar-refractivity contribution in [1.29, 1.82) is 0 Å². The number of para-hydroxylation sites is 6. The van der Waals surface area contributed by atoms with Crippen molar-refractivity contribution in [2.75, 3.05) is 0 Å². The van der Waals surface area contributed by atoms with Gasteiger partial charge in [-0.1, -0.05) is 84.9 Å². The third-order valence-corrected chi connectivity index (χ3v) is 3.91. The Balaban J connectivity index is -0.000000408. The van der Waals surface area contributed by atoms with Gasteiger partial charge in [-0.2, -0.15) is 0 Å². The van der Waals surface area contributed by atoms with Crippen LogP contribution in [-0.4, -0.2) is 36.1 Å². The number of phenols is 6. The van der Waals surface area contributed by atoms with Gasteiger partial charge in [0.05, 0.1) is 0 Å². The van der Waals surface area contributed by atoms with E-state index in [-0.39, 0.29) is 60.4 Å². The maximum absolute atomic E-state index is 8.67. The van der Waals surface area contributed by atoms with Crippen molar-refractivity contribution >= 4 is 0 Å². The third-order valence-electron chi connectivity index (χ3n) is 3.91. The van der Waals surface area contributed by atoms with Crippen LogP contribution in [0, 0.1) is 0 Å². The first-order valence-corrected chi connectivity index (χ1v) is 10.8. The van der Waals surface area contributed by atoms with Crippen molar-refractivity contribution in [1.82, 2.24) is 0 Å². The van der Waals surface area contributed by atoms with Crippen LogP contribution >= 0.6 is 0 Å². The molecule has 39 heavy (non-hydrogen) atoms. The van der Waals surface area contributed by atoms with Gasteiger partial charge in [-0.25, -0.2) is 0 Å². The van der Waals surface area contributed by atoms with E-state index >= 15 is 0 Å². The molecule has 0 spiro atoms. The molecule has 0 saturated carbocycles. The van der Waals surface area contributed by atoms with Crippen LogP contribution in [-0.2, 0) is 43.4 Å². The van der Waals surface area contributed by atoms with Crippen molar-refractivity contribution < 1.29 is 79.6 Å². The standard InChI is InChI=1S/C6H6O2.4C6H6O.H2O.2Ti/c7-5-3-1-2-4-6(5)8;4*7-6-4-2-1-3-5-6;;;/h1-4,7-8H;4*1-5,7H;1H2;;. The molecular weight excluding hydrogens is 568 g/mol. The van der Waals surface area contributed by atoms with Crippen LogP contribution in [0.1, 0.15) is 0 Å². The van der Waals surface area contributed by atoms with Crippen LogP contribution in [0.5, 0.6) is 34.5 Å². The van der Waals surface area contributed by atoms with Gasteiger partial charge in [-0.3, -0.25) is 0 Å². The van der Waals surface area contributed by atoms with Gasteiger partial charge in [-0.05, 0) is 60.7 Å². The quantitative estimate of drug-likeness (QED) is 0.0971. The van der Waals surface area contributed by atoms with Crippen molar-refractivity contribution in [3.05, 3.63) is 146 Å². The molecule has 0 amide bonds. The molecule has 9 heteroatoms. The number of rotatable bonds is 0. The summed E-state index contributed by atoms with van der Waals surface area (Å²) in [5.41, 5.74) is 0. The molecule has 0 radical (unpaired) electrons. The van der Waals surface area contributed by atoms with Crippen LogP contribution in [0.3, 0.4) is 0 Å². The zero-order chi connectivity index (χ0) is 26.4. The minimum Gasteiger partial charge on any atom is -0.508 e. The second-order valence-corrected chi connectivity index (χ2v) is 6.83. The Bertz CT molecular complexity index is 1010. The van der Waals surface area contributed by atoms with Crippen LogP contribution < -0.4 is 0 Å². The summed E-state index contributed by atoms with van der Waals surface area (Å²) >= 11 is 0. The van der Waals surface area contributed by atoms with Gasteiger partial charge in [0.1, 0.15) is 23.0 Å².